The van der Waals surface area contributed by atoms with Crippen molar-refractivity contribution in [1.29, 1.82) is 0 Å². The van der Waals surface area contributed by atoms with Gasteiger partial charge in [0.2, 0.25) is 5.91 Å². The molecule has 1 heterocycles. The average Bonchev–Trinajstić information content (AvgIpc) is 2.76. The number of para-hydroxylation sites is 1. The number of carbonyl (C=O) groups excluding carboxylic acids is 2. The molecule has 2 aromatic carbocycles. The molecule has 1 fully saturated rings. The van der Waals surface area contributed by atoms with Gasteiger partial charge in [0.25, 0.3) is 5.91 Å². The van der Waals surface area contributed by atoms with Crippen LogP contribution in [0.15, 0.2) is 54.6 Å². The number of aliphatic hydroxyl groups is 1. The van der Waals surface area contributed by atoms with Gasteiger partial charge >= 0.3 is 0 Å². The predicted octanol–water partition coefficient (Wildman–Crippen LogP) is 3.35. The Morgan fingerprint density at radius 3 is 2.60 bits per heavy atom. The maximum Gasteiger partial charge on any atom is 0.253 e. The molecule has 1 aliphatic rings. The summed E-state index contributed by atoms with van der Waals surface area (Å²) < 4.78 is 0. The van der Waals surface area contributed by atoms with Gasteiger partial charge in [-0.25, -0.2) is 0 Å². The molecule has 160 valence electrons. The van der Waals surface area contributed by atoms with Crippen molar-refractivity contribution in [2.45, 2.75) is 44.7 Å². The Morgan fingerprint density at radius 2 is 1.83 bits per heavy atom. The van der Waals surface area contributed by atoms with Gasteiger partial charge in [0.15, 0.2) is 0 Å². The van der Waals surface area contributed by atoms with Crippen LogP contribution in [-0.4, -0.2) is 47.6 Å². The summed E-state index contributed by atoms with van der Waals surface area (Å²) in [5.74, 6) is -0.366. The highest BCUT2D eigenvalue weighted by molar-refractivity contribution is 6.04. The molecule has 3 N–H and O–H groups in total. The van der Waals surface area contributed by atoms with Crippen molar-refractivity contribution in [2.75, 3.05) is 25.0 Å². The molecule has 1 aliphatic heterocycles. The van der Waals surface area contributed by atoms with Gasteiger partial charge in [0.1, 0.15) is 0 Å². The lowest BCUT2D eigenvalue weighted by molar-refractivity contribution is -0.118. The van der Waals surface area contributed by atoms with Gasteiger partial charge in [-0.15, -0.1) is 0 Å². The third-order valence-electron chi connectivity index (χ3n) is 5.65. The number of anilines is 1. The molecule has 3 rings (SSSR count). The third kappa shape index (κ3) is 5.90. The third-order valence-corrected chi connectivity index (χ3v) is 5.65. The summed E-state index contributed by atoms with van der Waals surface area (Å²) in [4.78, 5) is 27.7. The van der Waals surface area contributed by atoms with E-state index in [9.17, 15) is 14.7 Å². The molecule has 6 nitrogen and oxygen atoms in total. The minimum Gasteiger partial charge on any atom is -0.396 e. The number of benzene rings is 2. The SMILES string of the molecule is CC(NC(=O)c1ccccc1NC(=O)CN1CCCCC1CCO)c1ccccc1. The second kappa shape index (κ2) is 10.9. The van der Waals surface area contributed by atoms with Crippen LogP contribution in [0.2, 0.25) is 0 Å². The monoisotopic (exact) mass is 409 g/mol. The van der Waals surface area contributed by atoms with Crippen molar-refractivity contribution in [1.82, 2.24) is 10.2 Å². The van der Waals surface area contributed by atoms with Crippen LogP contribution >= 0.6 is 0 Å². The number of rotatable bonds is 8. The lowest BCUT2D eigenvalue weighted by atomic mass is 9.99. The molecule has 0 spiro atoms. The van der Waals surface area contributed by atoms with E-state index < -0.39 is 0 Å². The molecule has 6 heteroatoms. The van der Waals surface area contributed by atoms with Gasteiger partial charge in [-0.05, 0) is 50.4 Å². The zero-order valence-corrected chi connectivity index (χ0v) is 17.5. The van der Waals surface area contributed by atoms with Crippen molar-refractivity contribution in [3.8, 4) is 0 Å². The molecule has 2 unspecified atom stereocenters. The molecule has 30 heavy (non-hydrogen) atoms. The summed E-state index contributed by atoms with van der Waals surface area (Å²) in [6.45, 7) is 3.19. The highest BCUT2D eigenvalue weighted by Gasteiger charge is 2.24. The maximum absolute atomic E-state index is 12.9. The molecule has 0 aromatic heterocycles. The first-order valence-corrected chi connectivity index (χ1v) is 10.7. The van der Waals surface area contributed by atoms with Gasteiger partial charge in [-0.2, -0.15) is 0 Å². The summed E-state index contributed by atoms with van der Waals surface area (Å²) in [7, 11) is 0. The smallest absolute Gasteiger partial charge is 0.253 e. The first-order chi connectivity index (χ1) is 14.6. The van der Waals surface area contributed by atoms with E-state index in [2.05, 4.69) is 15.5 Å². The molecular formula is C24H31N3O3. The Hall–Kier alpha value is -2.70. The summed E-state index contributed by atoms with van der Waals surface area (Å²) >= 11 is 0. The van der Waals surface area contributed by atoms with Gasteiger partial charge < -0.3 is 15.7 Å². The first kappa shape index (κ1) is 22.0. The molecule has 2 amide bonds. The minimum absolute atomic E-state index is 0.130. The fourth-order valence-electron chi connectivity index (χ4n) is 4.01. The van der Waals surface area contributed by atoms with Crippen LogP contribution in [0.5, 0.6) is 0 Å². The molecule has 2 aromatic rings. The van der Waals surface area contributed by atoms with Crippen LogP contribution in [0.25, 0.3) is 0 Å². The topological polar surface area (TPSA) is 81.7 Å². The fraction of sp³-hybridized carbons (Fsp3) is 0.417. The minimum atomic E-state index is -0.224. The van der Waals surface area contributed by atoms with E-state index in [1.807, 2.05) is 43.3 Å². The van der Waals surface area contributed by atoms with Crippen LogP contribution in [0.4, 0.5) is 5.69 Å². The number of likely N-dealkylation sites (tertiary alicyclic amines) is 1. The van der Waals surface area contributed by atoms with Crippen LogP contribution < -0.4 is 10.6 Å². The zero-order chi connectivity index (χ0) is 21.3. The number of nitrogens with one attached hydrogen (secondary N) is 2. The quantitative estimate of drug-likeness (QED) is 0.625. The molecule has 0 bridgehead atoms. The summed E-state index contributed by atoms with van der Waals surface area (Å²) in [6.07, 6.45) is 3.88. The Balaban J connectivity index is 1.64. The number of hydrogen-bond donors (Lipinski definition) is 3. The fourth-order valence-corrected chi connectivity index (χ4v) is 4.01. The van der Waals surface area contributed by atoms with Crippen LogP contribution in [0.3, 0.4) is 0 Å². The number of nitrogens with zero attached hydrogens (tertiary/aromatic N) is 1. The standard InChI is InChI=1S/C24H31N3O3/c1-18(19-9-3-2-4-10-19)25-24(30)21-12-5-6-13-22(21)26-23(29)17-27-15-8-7-11-20(27)14-16-28/h2-6,9-10,12-13,18,20,28H,7-8,11,14-17H2,1H3,(H,25,30)(H,26,29). The van der Waals surface area contributed by atoms with E-state index in [1.165, 1.54) is 0 Å². The van der Waals surface area contributed by atoms with Crippen molar-refractivity contribution in [3.05, 3.63) is 65.7 Å². The molecular weight excluding hydrogens is 378 g/mol. The van der Waals surface area contributed by atoms with Gasteiger partial charge in [0, 0.05) is 12.6 Å². The Kier molecular flexibility index (Phi) is 7.99. The highest BCUT2D eigenvalue weighted by Crippen LogP contribution is 2.21. The Labute approximate surface area is 178 Å². The molecule has 1 saturated heterocycles. The number of piperidine rings is 1. The normalized spacial score (nSPS) is 17.9. The first-order valence-electron chi connectivity index (χ1n) is 10.7. The summed E-state index contributed by atoms with van der Waals surface area (Å²) in [6, 6.07) is 16.9. The Morgan fingerprint density at radius 1 is 1.10 bits per heavy atom. The zero-order valence-electron chi connectivity index (χ0n) is 17.5. The molecule has 0 radical (unpaired) electrons. The number of carbonyl (C=O) groups is 2. The summed E-state index contributed by atoms with van der Waals surface area (Å²) in [5.41, 5.74) is 1.97. The van der Waals surface area contributed by atoms with Crippen molar-refractivity contribution < 1.29 is 14.7 Å². The molecule has 0 aliphatic carbocycles. The number of amides is 2. The van der Waals surface area contributed by atoms with Crippen LogP contribution in [0.1, 0.15) is 54.6 Å². The van der Waals surface area contributed by atoms with E-state index in [0.29, 0.717) is 17.7 Å². The Bertz CT molecular complexity index is 839. The second-order valence-electron chi connectivity index (χ2n) is 7.83. The lowest BCUT2D eigenvalue weighted by Crippen LogP contribution is -2.44. The van der Waals surface area contributed by atoms with E-state index >= 15 is 0 Å². The average molecular weight is 410 g/mol. The van der Waals surface area contributed by atoms with E-state index in [0.717, 1.165) is 31.4 Å². The van der Waals surface area contributed by atoms with Crippen molar-refractivity contribution >= 4 is 17.5 Å². The molecule has 2 atom stereocenters. The van der Waals surface area contributed by atoms with E-state index in [-0.39, 0.29) is 37.0 Å². The molecule has 0 saturated carbocycles. The summed E-state index contributed by atoms with van der Waals surface area (Å²) in [5, 5.41) is 15.2. The van der Waals surface area contributed by atoms with Gasteiger partial charge in [-0.3, -0.25) is 14.5 Å². The van der Waals surface area contributed by atoms with Gasteiger partial charge in [0.05, 0.1) is 23.8 Å². The largest absolute Gasteiger partial charge is 0.396 e. The maximum atomic E-state index is 12.9. The number of hydrogen-bond acceptors (Lipinski definition) is 4. The van der Waals surface area contributed by atoms with Crippen molar-refractivity contribution in [3.63, 3.8) is 0 Å². The van der Waals surface area contributed by atoms with Crippen LogP contribution in [-0.2, 0) is 4.79 Å². The van der Waals surface area contributed by atoms with E-state index in [4.69, 9.17) is 0 Å². The van der Waals surface area contributed by atoms with Crippen molar-refractivity contribution in [2.24, 2.45) is 0 Å². The highest BCUT2D eigenvalue weighted by atomic mass is 16.3. The predicted molar refractivity (Wildman–Crippen MR) is 118 cm³/mol. The van der Waals surface area contributed by atoms with E-state index in [1.54, 1.807) is 18.2 Å². The van der Waals surface area contributed by atoms with Gasteiger partial charge in [-0.1, -0.05) is 48.9 Å². The number of aliphatic hydroxyl groups excluding tert-OH is 1. The lowest BCUT2D eigenvalue weighted by Gasteiger charge is -2.34. The van der Waals surface area contributed by atoms with Crippen LogP contribution in [0, 0.1) is 0 Å². The second-order valence-corrected chi connectivity index (χ2v) is 7.83.